The highest BCUT2D eigenvalue weighted by molar-refractivity contribution is 6.32. The van der Waals surface area contributed by atoms with Gasteiger partial charge in [-0.3, -0.25) is 0 Å². The number of pyridine rings is 1. The number of alkyl carbamates (subject to hydrolysis) is 1. The van der Waals surface area contributed by atoms with Crippen LogP contribution in [0.25, 0.3) is 0 Å². The van der Waals surface area contributed by atoms with E-state index < -0.39 is 23.5 Å². The number of anilines is 1. The summed E-state index contributed by atoms with van der Waals surface area (Å²) >= 11 is 6.08. The van der Waals surface area contributed by atoms with Crippen molar-refractivity contribution in [1.82, 2.24) is 10.3 Å². The number of hydrogen-bond acceptors (Lipinski definition) is 6. The minimum absolute atomic E-state index is 0.0704. The van der Waals surface area contributed by atoms with Gasteiger partial charge < -0.3 is 20.1 Å². The summed E-state index contributed by atoms with van der Waals surface area (Å²) in [4.78, 5) is 28.2. The molecule has 1 saturated carbocycles. The van der Waals surface area contributed by atoms with Gasteiger partial charge in [0, 0.05) is 6.04 Å². The molecule has 0 aromatic carbocycles. The summed E-state index contributed by atoms with van der Waals surface area (Å²) in [6.45, 7) is 8.74. The number of carbonyl (C=O) groups excluding carboxylic acids is 2. The number of nitrogens with zero attached hydrogens (tertiary/aromatic N) is 1. The molecule has 1 fully saturated rings. The van der Waals surface area contributed by atoms with Crippen LogP contribution in [0.5, 0.6) is 0 Å². The predicted molar refractivity (Wildman–Crippen MR) is 109 cm³/mol. The molecule has 0 radical (unpaired) electrons. The lowest BCUT2D eigenvalue weighted by atomic mass is 9.90. The fraction of sp³-hybridized carbons (Fsp3) is 0.650. The molecule has 1 heterocycles. The molecular formula is C20H29ClFN3O4. The van der Waals surface area contributed by atoms with Gasteiger partial charge >= 0.3 is 12.1 Å². The molecule has 0 aliphatic heterocycles. The molecule has 2 atom stereocenters. The lowest BCUT2D eigenvalue weighted by molar-refractivity contribution is 0.0376. The lowest BCUT2D eigenvalue weighted by Crippen LogP contribution is -2.50. The Morgan fingerprint density at radius 1 is 1.24 bits per heavy atom. The van der Waals surface area contributed by atoms with Crippen LogP contribution in [-0.2, 0) is 9.47 Å². The van der Waals surface area contributed by atoms with Crippen molar-refractivity contribution in [3.63, 3.8) is 0 Å². The van der Waals surface area contributed by atoms with E-state index in [2.05, 4.69) is 15.6 Å². The standard InChI is InChI=1S/C20H29ClFN3O4/c1-11(2)28-18(26)12-10-13(22)17(25-16(12)21)23-14-8-6-7-9-15(14)24-19(27)29-20(3,4)5/h10-11,14-15H,6-9H2,1-5H3,(H,23,25)(H,24,27)/t14-,15+/m1/s1. The first-order valence-corrected chi connectivity index (χ1v) is 10.2. The fourth-order valence-corrected chi connectivity index (χ4v) is 3.32. The average molecular weight is 430 g/mol. The molecule has 162 valence electrons. The maximum Gasteiger partial charge on any atom is 0.407 e. The quantitative estimate of drug-likeness (QED) is 0.521. The topological polar surface area (TPSA) is 89.6 Å². The van der Waals surface area contributed by atoms with Gasteiger partial charge in [0.15, 0.2) is 11.6 Å². The highest BCUT2D eigenvalue weighted by Gasteiger charge is 2.30. The highest BCUT2D eigenvalue weighted by Crippen LogP contribution is 2.26. The van der Waals surface area contributed by atoms with Crippen LogP contribution in [0.3, 0.4) is 0 Å². The predicted octanol–water partition coefficient (Wildman–Crippen LogP) is 4.69. The third kappa shape index (κ3) is 7.03. The highest BCUT2D eigenvalue weighted by atomic mass is 35.5. The van der Waals surface area contributed by atoms with Crippen molar-refractivity contribution in [2.75, 3.05) is 5.32 Å². The maximum absolute atomic E-state index is 14.6. The molecule has 0 unspecified atom stereocenters. The SMILES string of the molecule is CC(C)OC(=O)c1cc(F)c(N[C@@H]2CCCC[C@@H]2NC(=O)OC(C)(C)C)nc1Cl. The molecule has 29 heavy (non-hydrogen) atoms. The van der Waals surface area contributed by atoms with Crippen molar-refractivity contribution in [3.8, 4) is 0 Å². The second-order valence-electron chi connectivity index (χ2n) is 8.40. The van der Waals surface area contributed by atoms with E-state index in [9.17, 15) is 14.0 Å². The molecule has 1 amide bonds. The number of nitrogens with one attached hydrogen (secondary N) is 2. The number of carbonyl (C=O) groups is 2. The van der Waals surface area contributed by atoms with Gasteiger partial charge in [-0.1, -0.05) is 24.4 Å². The molecule has 9 heteroatoms. The number of halogens is 2. The summed E-state index contributed by atoms with van der Waals surface area (Å²) in [6, 6.07) is 0.522. The van der Waals surface area contributed by atoms with Gasteiger partial charge in [-0.25, -0.2) is 19.0 Å². The van der Waals surface area contributed by atoms with Gasteiger partial charge in [0.25, 0.3) is 0 Å². The minimum atomic E-state index is -0.731. The first kappa shape index (κ1) is 23.2. The van der Waals surface area contributed by atoms with Crippen LogP contribution >= 0.6 is 11.6 Å². The fourth-order valence-electron chi connectivity index (χ4n) is 3.10. The van der Waals surface area contributed by atoms with Gasteiger partial charge in [-0.2, -0.15) is 0 Å². The van der Waals surface area contributed by atoms with E-state index in [-0.39, 0.29) is 34.7 Å². The van der Waals surface area contributed by atoms with E-state index in [0.717, 1.165) is 31.7 Å². The van der Waals surface area contributed by atoms with Crippen LogP contribution in [-0.4, -0.2) is 40.8 Å². The van der Waals surface area contributed by atoms with E-state index in [0.29, 0.717) is 0 Å². The molecule has 2 rings (SSSR count). The Hall–Kier alpha value is -2.09. The van der Waals surface area contributed by atoms with Crippen LogP contribution in [0.1, 0.15) is 70.7 Å². The first-order chi connectivity index (χ1) is 13.5. The van der Waals surface area contributed by atoms with Gasteiger partial charge in [0.05, 0.1) is 12.1 Å². The van der Waals surface area contributed by atoms with Gasteiger partial charge in [0.1, 0.15) is 16.3 Å². The summed E-state index contributed by atoms with van der Waals surface area (Å²) in [6.07, 6.45) is 2.44. The molecular weight excluding hydrogens is 401 g/mol. The van der Waals surface area contributed by atoms with Crippen molar-refractivity contribution < 1.29 is 23.5 Å². The molecule has 0 bridgehead atoms. The Morgan fingerprint density at radius 3 is 2.45 bits per heavy atom. The van der Waals surface area contributed by atoms with E-state index in [1.54, 1.807) is 34.6 Å². The third-order valence-electron chi connectivity index (χ3n) is 4.28. The Labute approximate surface area is 175 Å². The number of hydrogen-bond donors (Lipinski definition) is 2. The Balaban J connectivity index is 2.12. The maximum atomic E-state index is 14.6. The molecule has 2 N–H and O–H groups in total. The molecule has 1 aromatic heterocycles. The van der Waals surface area contributed by atoms with Crippen LogP contribution in [0.15, 0.2) is 6.07 Å². The lowest BCUT2D eigenvalue weighted by Gasteiger charge is -2.33. The van der Waals surface area contributed by atoms with E-state index in [1.165, 1.54) is 0 Å². The van der Waals surface area contributed by atoms with E-state index in [1.807, 2.05) is 0 Å². The molecule has 1 aromatic rings. The van der Waals surface area contributed by atoms with E-state index in [4.69, 9.17) is 21.1 Å². The normalized spacial score (nSPS) is 19.6. The number of aromatic nitrogens is 1. The zero-order valence-electron chi connectivity index (χ0n) is 17.5. The second kappa shape index (κ2) is 9.61. The van der Waals surface area contributed by atoms with Crippen molar-refractivity contribution in [1.29, 1.82) is 0 Å². The monoisotopic (exact) mass is 429 g/mol. The number of ether oxygens (including phenoxy) is 2. The van der Waals surface area contributed by atoms with Gasteiger partial charge in [0.2, 0.25) is 0 Å². The summed E-state index contributed by atoms with van der Waals surface area (Å²) in [5.74, 6) is -1.52. The molecule has 1 aliphatic carbocycles. The number of amides is 1. The Kier molecular flexibility index (Phi) is 7.68. The van der Waals surface area contributed by atoms with E-state index >= 15 is 0 Å². The van der Waals surface area contributed by atoms with Crippen LogP contribution in [0.4, 0.5) is 15.0 Å². The summed E-state index contributed by atoms with van der Waals surface area (Å²) < 4.78 is 25.0. The second-order valence-corrected chi connectivity index (χ2v) is 8.76. The summed E-state index contributed by atoms with van der Waals surface area (Å²) in [5, 5.41) is 5.73. The largest absolute Gasteiger partial charge is 0.459 e. The van der Waals surface area contributed by atoms with Gasteiger partial charge in [-0.15, -0.1) is 0 Å². The van der Waals surface area contributed by atoms with Crippen LogP contribution in [0, 0.1) is 5.82 Å². The minimum Gasteiger partial charge on any atom is -0.459 e. The first-order valence-electron chi connectivity index (χ1n) is 9.79. The summed E-state index contributed by atoms with van der Waals surface area (Å²) in [5.41, 5.74) is -0.737. The summed E-state index contributed by atoms with van der Waals surface area (Å²) in [7, 11) is 0. The Morgan fingerprint density at radius 2 is 1.86 bits per heavy atom. The average Bonchev–Trinajstić information content (AvgIpc) is 2.57. The molecule has 0 saturated heterocycles. The zero-order valence-corrected chi connectivity index (χ0v) is 18.2. The molecule has 0 spiro atoms. The van der Waals surface area contributed by atoms with Crippen molar-refractivity contribution in [3.05, 3.63) is 22.6 Å². The smallest absolute Gasteiger partial charge is 0.407 e. The van der Waals surface area contributed by atoms with Crippen LogP contribution < -0.4 is 10.6 Å². The third-order valence-corrected chi connectivity index (χ3v) is 4.57. The van der Waals surface area contributed by atoms with Crippen molar-refractivity contribution in [2.24, 2.45) is 0 Å². The van der Waals surface area contributed by atoms with Crippen molar-refractivity contribution in [2.45, 2.75) is 84.1 Å². The zero-order chi connectivity index (χ0) is 21.8. The Bertz CT molecular complexity index is 752. The van der Waals surface area contributed by atoms with Crippen LogP contribution in [0.2, 0.25) is 5.15 Å². The van der Waals surface area contributed by atoms with Crippen molar-refractivity contribution >= 4 is 29.5 Å². The molecule has 1 aliphatic rings. The number of esters is 1. The number of rotatable bonds is 5. The van der Waals surface area contributed by atoms with Gasteiger partial charge in [-0.05, 0) is 53.5 Å². The molecule has 7 nitrogen and oxygen atoms in total.